The summed E-state index contributed by atoms with van der Waals surface area (Å²) in [5.41, 5.74) is 7.88. The Morgan fingerprint density at radius 3 is 2.79 bits per heavy atom. The Hall–Kier alpha value is -0.650. The lowest BCUT2D eigenvalue weighted by Gasteiger charge is -2.11. The largest absolute Gasteiger partial charge is 0.382 e. The summed E-state index contributed by atoms with van der Waals surface area (Å²) < 4.78 is 4.74. The van der Waals surface area contributed by atoms with Crippen molar-refractivity contribution < 1.29 is 14.4 Å². The van der Waals surface area contributed by atoms with Crippen LogP contribution in [0, 0.1) is 0 Å². The van der Waals surface area contributed by atoms with Crippen LogP contribution in [0.25, 0.3) is 0 Å². The Balaban J connectivity index is 3.42. The highest BCUT2D eigenvalue weighted by molar-refractivity contribution is 5.80. The number of nitrogens with one attached hydrogen (secondary N) is 1. The highest BCUT2D eigenvalue weighted by atomic mass is 16.7. The quantitative estimate of drug-likeness (QED) is 0.437. The van der Waals surface area contributed by atoms with Crippen LogP contribution in [0.1, 0.15) is 26.2 Å². The average Bonchev–Trinajstić information content (AvgIpc) is 2.20. The summed E-state index contributed by atoms with van der Waals surface area (Å²) in [7, 11) is 1.57. The van der Waals surface area contributed by atoms with E-state index in [9.17, 15) is 4.79 Å². The first-order chi connectivity index (χ1) is 6.72. The number of unbranched alkanes of at least 4 members (excludes halogenated alkanes) is 1. The normalized spacial score (nSPS) is 12.5. The lowest BCUT2D eigenvalue weighted by molar-refractivity contribution is -0.136. The van der Waals surface area contributed by atoms with E-state index in [1.54, 1.807) is 7.11 Å². The van der Waals surface area contributed by atoms with Crippen LogP contribution < -0.4 is 11.2 Å². The van der Waals surface area contributed by atoms with Crippen molar-refractivity contribution in [1.82, 2.24) is 5.48 Å². The fraction of sp³-hybridized carbons (Fsp3) is 0.889. The van der Waals surface area contributed by atoms with Gasteiger partial charge >= 0.3 is 0 Å². The summed E-state index contributed by atoms with van der Waals surface area (Å²) in [5, 5.41) is 0. The fourth-order valence-corrected chi connectivity index (χ4v) is 0.878. The van der Waals surface area contributed by atoms with Gasteiger partial charge in [0.25, 0.3) is 5.91 Å². The number of nitrogens with two attached hydrogens (primary N) is 1. The van der Waals surface area contributed by atoms with Crippen molar-refractivity contribution in [2.75, 3.05) is 20.3 Å². The molecule has 0 aliphatic carbocycles. The van der Waals surface area contributed by atoms with Crippen LogP contribution in [0.2, 0.25) is 0 Å². The molecule has 0 bridgehead atoms. The van der Waals surface area contributed by atoms with Crippen molar-refractivity contribution in [2.24, 2.45) is 5.73 Å². The Kier molecular flexibility index (Phi) is 8.51. The molecule has 0 heterocycles. The summed E-state index contributed by atoms with van der Waals surface area (Å²) in [5.74, 6) is -0.269. The van der Waals surface area contributed by atoms with Gasteiger partial charge in [-0.25, -0.2) is 5.48 Å². The van der Waals surface area contributed by atoms with E-state index in [2.05, 4.69) is 12.4 Å². The zero-order valence-electron chi connectivity index (χ0n) is 8.91. The number of carbonyl (C=O) groups excluding carboxylic acids is 1. The van der Waals surface area contributed by atoms with Gasteiger partial charge < -0.3 is 10.5 Å². The Morgan fingerprint density at radius 2 is 2.21 bits per heavy atom. The molecule has 0 aromatic carbocycles. The predicted octanol–water partition coefficient (Wildman–Crippen LogP) is 0.198. The second-order valence-corrected chi connectivity index (χ2v) is 3.06. The van der Waals surface area contributed by atoms with Crippen molar-refractivity contribution in [1.29, 1.82) is 0 Å². The number of rotatable bonds is 8. The molecule has 0 aromatic rings. The van der Waals surface area contributed by atoms with E-state index < -0.39 is 6.04 Å². The van der Waals surface area contributed by atoms with Gasteiger partial charge in [-0.15, -0.1) is 0 Å². The minimum atomic E-state index is -0.475. The van der Waals surface area contributed by atoms with Gasteiger partial charge in [0.1, 0.15) is 0 Å². The maximum Gasteiger partial charge on any atom is 0.260 e. The maximum atomic E-state index is 11.2. The number of amides is 1. The van der Waals surface area contributed by atoms with E-state index in [-0.39, 0.29) is 5.91 Å². The summed E-state index contributed by atoms with van der Waals surface area (Å²) in [6.07, 6.45) is 2.67. The predicted molar refractivity (Wildman–Crippen MR) is 53.5 cm³/mol. The van der Waals surface area contributed by atoms with Gasteiger partial charge in [0.05, 0.1) is 19.3 Å². The summed E-state index contributed by atoms with van der Waals surface area (Å²) in [6.45, 7) is 2.84. The van der Waals surface area contributed by atoms with Gasteiger partial charge in [-0.2, -0.15) is 0 Å². The van der Waals surface area contributed by atoms with Crippen molar-refractivity contribution in [2.45, 2.75) is 32.2 Å². The number of methoxy groups -OCH3 is 1. The van der Waals surface area contributed by atoms with Gasteiger partial charge in [-0.3, -0.25) is 9.63 Å². The molecule has 0 aliphatic rings. The van der Waals surface area contributed by atoms with Crippen LogP contribution >= 0.6 is 0 Å². The molecule has 0 aromatic heterocycles. The average molecular weight is 204 g/mol. The third kappa shape index (κ3) is 6.82. The fourth-order valence-electron chi connectivity index (χ4n) is 0.878. The van der Waals surface area contributed by atoms with Crippen LogP contribution in [-0.4, -0.2) is 32.3 Å². The standard InChI is InChI=1S/C9H20N2O3/c1-3-4-5-8(10)9(12)11-14-7-6-13-2/h8H,3-7,10H2,1-2H3,(H,11,12)/t8-/m0/s1. The minimum absolute atomic E-state index is 0.269. The molecule has 0 spiro atoms. The minimum Gasteiger partial charge on any atom is -0.382 e. The molecule has 0 rings (SSSR count). The first kappa shape index (κ1) is 13.4. The van der Waals surface area contributed by atoms with Crippen molar-refractivity contribution in [3.05, 3.63) is 0 Å². The molecule has 1 atom stereocenters. The van der Waals surface area contributed by atoms with E-state index >= 15 is 0 Å². The van der Waals surface area contributed by atoms with E-state index in [0.717, 1.165) is 12.8 Å². The van der Waals surface area contributed by atoms with Gasteiger partial charge in [0.15, 0.2) is 0 Å². The molecule has 14 heavy (non-hydrogen) atoms. The highest BCUT2D eigenvalue weighted by Crippen LogP contribution is 1.97. The molecule has 84 valence electrons. The first-order valence-electron chi connectivity index (χ1n) is 4.88. The number of hydrogen-bond acceptors (Lipinski definition) is 4. The zero-order valence-corrected chi connectivity index (χ0v) is 8.91. The molecule has 0 fully saturated rings. The highest BCUT2D eigenvalue weighted by Gasteiger charge is 2.11. The SMILES string of the molecule is CCCC[C@H](N)C(=O)NOCCOC. The number of ether oxygens (including phenoxy) is 1. The molecule has 0 radical (unpaired) electrons. The van der Waals surface area contributed by atoms with Crippen LogP contribution in [0.3, 0.4) is 0 Å². The Labute approximate surface area is 84.9 Å². The lowest BCUT2D eigenvalue weighted by atomic mass is 10.1. The van der Waals surface area contributed by atoms with Gasteiger partial charge in [-0.05, 0) is 6.42 Å². The molecule has 5 nitrogen and oxygen atoms in total. The molecule has 0 saturated carbocycles. The Bertz CT molecular complexity index is 153. The molecule has 0 saturated heterocycles. The van der Waals surface area contributed by atoms with Crippen molar-refractivity contribution in [3.63, 3.8) is 0 Å². The molecule has 5 heteroatoms. The second kappa shape index (κ2) is 8.93. The summed E-state index contributed by atoms with van der Waals surface area (Å²) in [4.78, 5) is 16.0. The summed E-state index contributed by atoms with van der Waals surface area (Å²) >= 11 is 0. The van der Waals surface area contributed by atoms with Crippen LogP contribution in [0.4, 0.5) is 0 Å². The third-order valence-electron chi connectivity index (χ3n) is 1.77. The molecule has 1 amide bonds. The smallest absolute Gasteiger partial charge is 0.260 e. The summed E-state index contributed by atoms with van der Waals surface area (Å²) in [6, 6.07) is -0.475. The number of carbonyl (C=O) groups is 1. The third-order valence-corrected chi connectivity index (χ3v) is 1.77. The molecular formula is C9H20N2O3. The zero-order chi connectivity index (χ0) is 10.8. The molecule has 3 N–H and O–H groups in total. The van der Waals surface area contributed by atoms with Gasteiger partial charge in [0, 0.05) is 7.11 Å². The monoisotopic (exact) mass is 204 g/mol. The van der Waals surface area contributed by atoms with Gasteiger partial charge in [-0.1, -0.05) is 19.8 Å². The topological polar surface area (TPSA) is 73.6 Å². The Morgan fingerprint density at radius 1 is 1.50 bits per heavy atom. The second-order valence-electron chi connectivity index (χ2n) is 3.06. The van der Waals surface area contributed by atoms with Gasteiger partial charge in [0.2, 0.25) is 0 Å². The lowest BCUT2D eigenvalue weighted by Crippen LogP contribution is -2.40. The van der Waals surface area contributed by atoms with Crippen molar-refractivity contribution in [3.8, 4) is 0 Å². The van der Waals surface area contributed by atoms with E-state index in [4.69, 9.17) is 15.3 Å². The van der Waals surface area contributed by atoms with E-state index in [1.807, 2.05) is 0 Å². The molecule has 0 unspecified atom stereocenters. The number of hydrogen-bond donors (Lipinski definition) is 2. The molecule has 0 aliphatic heterocycles. The number of hydroxylamine groups is 1. The maximum absolute atomic E-state index is 11.2. The first-order valence-corrected chi connectivity index (χ1v) is 4.88. The van der Waals surface area contributed by atoms with Crippen LogP contribution in [0.5, 0.6) is 0 Å². The molecular weight excluding hydrogens is 184 g/mol. The van der Waals surface area contributed by atoms with Crippen molar-refractivity contribution >= 4 is 5.91 Å². The van der Waals surface area contributed by atoms with Crippen LogP contribution in [0.15, 0.2) is 0 Å². The van der Waals surface area contributed by atoms with Crippen LogP contribution in [-0.2, 0) is 14.4 Å². The van der Waals surface area contributed by atoms with E-state index in [0.29, 0.717) is 19.6 Å². The van der Waals surface area contributed by atoms with E-state index in [1.165, 1.54) is 0 Å².